The Kier molecular flexibility index (Phi) is 3.94. The summed E-state index contributed by atoms with van der Waals surface area (Å²) in [7, 11) is 1.93. The van der Waals surface area contributed by atoms with Gasteiger partial charge in [0, 0.05) is 13.6 Å². The summed E-state index contributed by atoms with van der Waals surface area (Å²) in [6.45, 7) is 6.44. The number of allylic oxidation sites excluding steroid dienone is 1. The van der Waals surface area contributed by atoms with E-state index >= 15 is 0 Å². The first kappa shape index (κ1) is 12.3. The van der Waals surface area contributed by atoms with Crippen LogP contribution in [0.4, 0.5) is 0 Å². The van der Waals surface area contributed by atoms with Crippen molar-refractivity contribution in [3.63, 3.8) is 0 Å². The third kappa shape index (κ3) is 2.94. The van der Waals surface area contributed by atoms with E-state index in [4.69, 9.17) is 0 Å². The number of hydrogen-bond acceptors (Lipinski definition) is 3. The van der Waals surface area contributed by atoms with E-state index in [1.165, 1.54) is 18.4 Å². The molecule has 2 atom stereocenters. The van der Waals surface area contributed by atoms with Gasteiger partial charge in [0.2, 0.25) is 0 Å². The zero-order chi connectivity index (χ0) is 12.3. The van der Waals surface area contributed by atoms with E-state index in [0.717, 1.165) is 24.8 Å². The first-order chi connectivity index (χ1) is 8.18. The molecule has 0 aliphatic heterocycles. The molecule has 1 aromatic heterocycles. The predicted molar refractivity (Wildman–Crippen MR) is 68.4 cm³/mol. The van der Waals surface area contributed by atoms with Crippen LogP contribution < -0.4 is 5.32 Å². The van der Waals surface area contributed by atoms with E-state index in [-0.39, 0.29) is 0 Å². The predicted octanol–water partition coefficient (Wildman–Crippen LogP) is 1.90. The molecular formula is C13H22N4. The Hall–Kier alpha value is -1.16. The largest absolute Gasteiger partial charge is 0.309 e. The number of hydrogen-bond donors (Lipinski definition) is 1. The van der Waals surface area contributed by atoms with Gasteiger partial charge in [0.15, 0.2) is 0 Å². The Morgan fingerprint density at radius 3 is 3.00 bits per heavy atom. The van der Waals surface area contributed by atoms with E-state index in [1.54, 1.807) is 6.33 Å². The number of rotatable bonds is 4. The van der Waals surface area contributed by atoms with Crippen molar-refractivity contribution in [2.45, 2.75) is 33.2 Å². The van der Waals surface area contributed by atoms with Crippen molar-refractivity contribution in [2.75, 3.05) is 6.54 Å². The molecule has 1 N–H and O–H groups in total. The molecule has 0 spiro atoms. The maximum absolute atomic E-state index is 4.21. The van der Waals surface area contributed by atoms with Gasteiger partial charge in [0.25, 0.3) is 0 Å². The highest BCUT2D eigenvalue weighted by atomic mass is 15.3. The molecule has 0 saturated heterocycles. The normalized spacial score (nSPS) is 24.8. The standard InChI is InChI=1S/C13H22N4/c1-10-5-4-6-11(2)12(10)7-14-8-13-15-9-16-17(13)3/h5,9,11-12,14H,4,6-8H2,1-3H3/t11-,12-/m1/s1. The maximum atomic E-state index is 4.21. The maximum Gasteiger partial charge on any atom is 0.140 e. The van der Waals surface area contributed by atoms with Gasteiger partial charge >= 0.3 is 0 Å². The van der Waals surface area contributed by atoms with E-state index in [1.807, 2.05) is 11.7 Å². The first-order valence-corrected chi connectivity index (χ1v) is 6.38. The molecule has 4 nitrogen and oxygen atoms in total. The van der Waals surface area contributed by atoms with Gasteiger partial charge in [0.05, 0.1) is 6.54 Å². The summed E-state index contributed by atoms with van der Waals surface area (Å²) >= 11 is 0. The summed E-state index contributed by atoms with van der Waals surface area (Å²) in [5.74, 6) is 2.46. The van der Waals surface area contributed by atoms with E-state index < -0.39 is 0 Å². The van der Waals surface area contributed by atoms with Gasteiger partial charge in [-0.2, -0.15) is 5.10 Å². The zero-order valence-electron chi connectivity index (χ0n) is 11.0. The monoisotopic (exact) mass is 234 g/mol. The third-order valence-electron chi connectivity index (χ3n) is 3.81. The molecule has 94 valence electrons. The summed E-state index contributed by atoms with van der Waals surface area (Å²) < 4.78 is 1.82. The lowest BCUT2D eigenvalue weighted by molar-refractivity contribution is 0.348. The summed E-state index contributed by atoms with van der Waals surface area (Å²) in [5.41, 5.74) is 1.54. The Labute approximate surface area is 103 Å². The van der Waals surface area contributed by atoms with Gasteiger partial charge in [-0.05, 0) is 31.6 Å². The van der Waals surface area contributed by atoms with E-state index in [2.05, 4.69) is 35.3 Å². The second-order valence-electron chi connectivity index (χ2n) is 5.04. The van der Waals surface area contributed by atoms with Crippen molar-refractivity contribution in [1.29, 1.82) is 0 Å². The van der Waals surface area contributed by atoms with Crippen LogP contribution in [0.5, 0.6) is 0 Å². The molecule has 2 rings (SSSR count). The quantitative estimate of drug-likeness (QED) is 0.809. The lowest BCUT2D eigenvalue weighted by Crippen LogP contribution is -2.30. The Balaban J connectivity index is 1.84. The van der Waals surface area contributed by atoms with Crippen molar-refractivity contribution < 1.29 is 0 Å². The highest BCUT2D eigenvalue weighted by Gasteiger charge is 2.21. The SMILES string of the molecule is CC1=CCC[C@@H](C)[C@@H]1CNCc1ncnn1C. The first-order valence-electron chi connectivity index (χ1n) is 6.38. The third-order valence-corrected chi connectivity index (χ3v) is 3.81. The fourth-order valence-electron chi connectivity index (χ4n) is 2.56. The smallest absolute Gasteiger partial charge is 0.140 e. The molecule has 0 amide bonds. The molecule has 4 heteroatoms. The topological polar surface area (TPSA) is 42.7 Å². The molecule has 17 heavy (non-hydrogen) atoms. The molecule has 0 fully saturated rings. The summed E-state index contributed by atoms with van der Waals surface area (Å²) in [6.07, 6.45) is 6.54. The summed E-state index contributed by atoms with van der Waals surface area (Å²) in [4.78, 5) is 4.21. The molecule has 1 aliphatic rings. The Morgan fingerprint density at radius 2 is 2.35 bits per heavy atom. The highest BCUT2D eigenvalue weighted by Crippen LogP contribution is 2.29. The average molecular weight is 234 g/mol. The van der Waals surface area contributed by atoms with Gasteiger partial charge in [-0.1, -0.05) is 18.6 Å². The minimum absolute atomic E-state index is 0.678. The minimum atomic E-state index is 0.678. The van der Waals surface area contributed by atoms with Crippen LogP contribution in [-0.4, -0.2) is 21.3 Å². The van der Waals surface area contributed by atoms with Gasteiger partial charge in [-0.3, -0.25) is 4.68 Å². The molecule has 1 aromatic rings. The van der Waals surface area contributed by atoms with E-state index in [0.29, 0.717) is 5.92 Å². The van der Waals surface area contributed by atoms with Crippen molar-refractivity contribution >= 4 is 0 Å². The van der Waals surface area contributed by atoms with Gasteiger partial charge < -0.3 is 5.32 Å². The van der Waals surface area contributed by atoms with Crippen LogP contribution in [0.3, 0.4) is 0 Å². The molecule has 1 heterocycles. The lowest BCUT2D eigenvalue weighted by Gasteiger charge is -2.28. The number of nitrogens with zero attached hydrogens (tertiary/aromatic N) is 3. The number of aromatic nitrogens is 3. The van der Waals surface area contributed by atoms with Gasteiger partial charge in [-0.25, -0.2) is 4.98 Å². The Morgan fingerprint density at radius 1 is 1.53 bits per heavy atom. The minimum Gasteiger partial charge on any atom is -0.309 e. The Bertz CT molecular complexity index is 394. The van der Waals surface area contributed by atoms with Crippen molar-refractivity contribution in [3.05, 3.63) is 23.8 Å². The van der Waals surface area contributed by atoms with Crippen LogP contribution in [0.25, 0.3) is 0 Å². The molecule has 1 aliphatic carbocycles. The van der Waals surface area contributed by atoms with Crippen LogP contribution in [0.15, 0.2) is 18.0 Å². The van der Waals surface area contributed by atoms with Crippen LogP contribution in [0.2, 0.25) is 0 Å². The van der Waals surface area contributed by atoms with Crippen LogP contribution >= 0.6 is 0 Å². The molecule has 0 saturated carbocycles. The highest BCUT2D eigenvalue weighted by molar-refractivity contribution is 5.09. The van der Waals surface area contributed by atoms with E-state index in [9.17, 15) is 0 Å². The molecule has 0 aromatic carbocycles. The fourth-order valence-corrected chi connectivity index (χ4v) is 2.56. The molecule has 0 unspecified atom stereocenters. The molecular weight excluding hydrogens is 212 g/mol. The lowest BCUT2D eigenvalue weighted by atomic mass is 9.80. The van der Waals surface area contributed by atoms with Crippen molar-refractivity contribution in [2.24, 2.45) is 18.9 Å². The summed E-state index contributed by atoms with van der Waals surface area (Å²) in [5, 5.41) is 7.56. The van der Waals surface area contributed by atoms with Crippen LogP contribution in [0.1, 0.15) is 32.5 Å². The van der Waals surface area contributed by atoms with Crippen molar-refractivity contribution in [3.8, 4) is 0 Å². The second kappa shape index (κ2) is 5.45. The zero-order valence-corrected chi connectivity index (χ0v) is 11.0. The summed E-state index contributed by atoms with van der Waals surface area (Å²) in [6, 6.07) is 0. The second-order valence-corrected chi connectivity index (χ2v) is 5.04. The van der Waals surface area contributed by atoms with Gasteiger partial charge in [0.1, 0.15) is 12.2 Å². The van der Waals surface area contributed by atoms with Gasteiger partial charge in [-0.15, -0.1) is 0 Å². The fraction of sp³-hybridized carbons (Fsp3) is 0.692. The van der Waals surface area contributed by atoms with Crippen LogP contribution in [-0.2, 0) is 13.6 Å². The number of aryl methyl sites for hydroxylation is 1. The van der Waals surface area contributed by atoms with Crippen LogP contribution in [0, 0.1) is 11.8 Å². The average Bonchev–Trinajstić information content (AvgIpc) is 2.69. The van der Waals surface area contributed by atoms with Crippen molar-refractivity contribution in [1.82, 2.24) is 20.1 Å². The molecule has 0 bridgehead atoms. The molecule has 0 radical (unpaired) electrons. The number of nitrogens with one attached hydrogen (secondary N) is 1.